The largest absolute Gasteiger partial charge is 0.351 e. The molecule has 0 spiro atoms. The highest BCUT2D eigenvalue weighted by Crippen LogP contribution is 2.15. The van der Waals surface area contributed by atoms with Gasteiger partial charge in [-0.1, -0.05) is 11.5 Å². The SMILES string of the molecule is Bc1ccc2nc(-c3c[nH]cn3)cnc2c1. The van der Waals surface area contributed by atoms with Crippen molar-refractivity contribution >= 4 is 24.3 Å². The number of hydrogen-bond donors (Lipinski definition) is 1. The van der Waals surface area contributed by atoms with E-state index in [9.17, 15) is 0 Å². The Bertz CT molecular complexity index is 634. The molecule has 0 radical (unpaired) electrons. The lowest BCUT2D eigenvalue weighted by atomic mass is 9.96. The molecule has 5 heteroatoms. The van der Waals surface area contributed by atoms with Gasteiger partial charge in [-0.2, -0.15) is 0 Å². The zero-order valence-corrected chi connectivity index (χ0v) is 8.81. The molecule has 0 atom stereocenters. The minimum Gasteiger partial charge on any atom is -0.351 e. The molecule has 1 aromatic carbocycles. The molecule has 0 amide bonds. The molecule has 0 aliphatic carbocycles. The summed E-state index contributed by atoms with van der Waals surface area (Å²) in [7, 11) is 2.04. The Labute approximate surface area is 93.2 Å². The van der Waals surface area contributed by atoms with E-state index < -0.39 is 0 Å². The summed E-state index contributed by atoms with van der Waals surface area (Å²) in [4.78, 5) is 16.0. The summed E-state index contributed by atoms with van der Waals surface area (Å²) in [6.45, 7) is 0. The molecule has 4 nitrogen and oxygen atoms in total. The average molecular weight is 208 g/mol. The maximum Gasteiger partial charge on any atom is 0.139 e. The van der Waals surface area contributed by atoms with Crippen molar-refractivity contribution in [3.8, 4) is 11.4 Å². The Morgan fingerprint density at radius 3 is 2.81 bits per heavy atom. The van der Waals surface area contributed by atoms with Gasteiger partial charge in [-0.25, -0.2) is 9.97 Å². The van der Waals surface area contributed by atoms with E-state index in [2.05, 4.69) is 19.9 Å². The molecule has 76 valence electrons. The number of aromatic amines is 1. The number of hydrogen-bond acceptors (Lipinski definition) is 3. The number of nitrogens with zero attached hydrogens (tertiary/aromatic N) is 3. The summed E-state index contributed by atoms with van der Waals surface area (Å²) in [6, 6.07) is 6.04. The second-order valence-corrected chi connectivity index (χ2v) is 3.70. The fourth-order valence-corrected chi connectivity index (χ4v) is 1.64. The zero-order valence-electron chi connectivity index (χ0n) is 8.81. The number of fused-ring (bicyclic) bond motifs is 1. The molecule has 0 saturated carbocycles. The van der Waals surface area contributed by atoms with E-state index in [1.807, 2.05) is 32.2 Å². The van der Waals surface area contributed by atoms with Gasteiger partial charge in [0, 0.05) is 6.20 Å². The Morgan fingerprint density at radius 1 is 1.06 bits per heavy atom. The monoisotopic (exact) mass is 208 g/mol. The van der Waals surface area contributed by atoms with Crippen LogP contribution in [-0.4, -0.2) is 27.8 Å². The first kappa shape index (κ1) is 9.09. The van der Waals surface area contributed by atoms with Crippen molar-refractivity contribution in [3.63, 3.8) is 0 Å². The summed E-state index contributed by atoms with van der Waals surface area (Å²) in [5.74, 6) is 0. The predicted octanol–water partition coefficient (Wildman–Crippen LogP) is 0.278. The van der Waals surface area contributed by atoms with Crippen LogP contribution in [0.1, 0.15) is 0 Å². The highest BCUT2D eigenvalue weighted by Gasteiger charge is 2.03. The molecule has 0 bridgehead atoms. The second-order valence-electron chi connectivity index (χ2n) is 3.70. The van der Waals surface area contributed by atoms with Crippen LogP contribution in [0, 0.1) is 0 Å². The number of aromatic nitrogens is 4. The van der Waals surface area contributed by atoms with E-state index in [0.29, 0.717) is 0 Å². The van der Waals surface area contributed by atoms with Crippen LogP contribution in [0.2, 0.25) is 0 Å². The van der Waals surface area contributed by atoms with Gasteiger partial charge in [0.05, 0.1) is 23.6 Å². The van der Waals surface area contributed by atoms with Crippen molar-refractivity contribution in [1.29, 1.82) is 0 Å². The van der Waals surface area contributed by atoms with Crippen molar-refractivity contribution in [1.82, 2.24) is 19.9 Å². The zero-order chi connectivity index (χ0) is 11.0. The number of H-pyrrole nitrogens is 1. The first-order valence-corrected chi connectivity index (χ1v) is 5.05. The van der Waals surface area contributed by atoms with Crippen molar-refractivity contribution in [2.24, 2.45) is 0 Å². The second kappa shape index (κ2) is 3.45. The van der Waals surface area contributed by atoms with Crippen molar-refractivity contribution in [2.75, 3.05) is 0 Å². The van der Waals surface area contributed by atoms with E-state index in [0.717, 1.165) is 22.4 Å². The molecule has 2 aromatic heterocycles. The van der Waals surface area contributed by atoms with Gasteiger partial charge in [0.2, 0.25) is 0 Å². The van der Waals surface area contributed by atoms with Crippen LogP contribution in [0.5, 0.6) is 0 Å². The minimum absolute atomic E-state index is 0.789. The maximum absolute atomic E-state index is 4.51. The maximum atomic E-state index is 4.51. The van der Waals surface area contributed by atoms with Gasteiger partial charge in [0.15, 0.2) is 0 Å². The van der Waals surface area contributed by atoms with Gasteiger partial charge < -0.3 is 4.98 Å². The molecule has 0 fully saturated rings. The third-order valence-corrected chi connectivity index (χ3v) is 2.46. The fraction of sp³-hybridized carbons (Fsp3) is 0. The molecule has 3 aromatic rings. The third kappa shape index (κ3) is 1.46. The average Bonchev–Trinajstić information content (AvgIpc) is 2.82. The van der Waals surface area contributed by atoms with E-state index in [-0.39, 0.29) is 0 Å². The molecule has 0 aliphatic rings. The molecule has 0 unspecified atom stereocenters. The van der Waals surface area contributed by atoms with Crippen molar-refractivity contribution in [3.05, 3.63) is 36.9 Å². The first-order chi connectivity index (χ1) is 7.83. The molecule has 1 N–H and O–H groups in total. The van der Waals surface area contributed by atoms with Crippen molar-refractivity contribution < 1.29 is 0 Å². The highest BCUT2D eigenvalue weighted by molar-refractivity contribution is 6.33. The lowest BCUT2D eigenvalue weighted by molar-refractivity contribution is 1.26. The number of benzene rings is 1. The fourth-order valence-electron chi connectivity index (χ4n) is 1.64. The van der Waals surface area contributed by atoms with Gasteiger partial charge in [-0.3, -0.25) is 4.98 Å². The summed E-state index contributed by atoms with van der Waals surface area (Å²) in [6.07, 6.45) is 5.19. The van der Waals surface area contributed by atoms with E-state index in [1.165, 1.54) is 5.46 Å². The topological polar surface area (TPSA) is 54.5 Å². The highest BCUT2D eigenvalue weighted by atomic mass is 14.9. The molecule has 0 aliphatic heterocycles. The molecule has 0 saturated heterocycles. The van der Waals surface area contributed by atoms with Gasteiger partial charge in [0.1, 0.15) is 19.2 Å². The quantitative estimate of drug-likeness (QED) is 0.584. The van der Waals surface area contributed by atoms with Crippen molar-refractivity contribution in [2.45, 2.75) is 0 Å². The van der Waals surface area contributed by atoms with E-state index in [4.69, 9.17) is 0 Å². The molecule has 16 heavy (non-hydrogen) atoms. The number of rotatable bonds is 1. The molecular formula is C11H9BN4. The Morgan fingerprint density at radius 2 is 2.00 bits per heavy atom. The summed E-state index contributed by atoms with van der Waals surface area (Å²) < 4.78 is 0. The molecular weight excluding hydrogens is 199 g/mol. The summed E-state index contributed by atoms with van der Waals surface area (Å²) in [5, 5.41) is 0. The van der Waals surface area contributed by atoms with Gasteiger partial charge in [-0.15, -0.1) is 0 Å². The predicted molar refractivity (Wildman–Crippen MR) is 65.3 cm³/mol. The standard InChI is InChI=1S/C11H9BN4/c12-7-1-2-8-9(3-7)14-5-11(16-8)10-4-13-6-15-10/h1-6H,12H2,(H,13,15). The third-order valence-electron chi connectivity index (χ3n) is 2.46. The Balaban J connectivity index is 2.20. The Hall–Kier alpha value is -2.17. The number of nitrogens with one attached hydrogen (secondary N) is 1. The van der Waals surface area contributed by atoms with Crippen LogP contribution >= 0.6 is 0 Å². The van der Waals surface area contributed by atoms with Gasteiger partial charge in [-0.05, 0) is 12.1 Å². The molecule has 3 rings (SSSR count). The van der Waals surface area contributed by atoms with E-state index in [1.54, 1.807) is 12.5 Å². The van der Waals surface area contributed by atoms with Gasteiger partial charge in [0.25, 0.3) is 0 Å². The normalized spacial score (nSPS) is 10.8. The Kier molecular flexibility index (Phi) is 1.96. The minimum atomic E-state index is 0.789. The van der Waals surface area contributed by atoms with Crippen LogP contribution in [-0.2, 0) is 0 Å². The van der Waals surface area contributed by atoms with Crippen LogP contribution in [0.15, 0.2) is 36.9 Å². The summed E-state index contributed by atoms with van der Waals surface area (Å²) >= 11 is 0. The lowest BCUT2D eigenvalue weighted by Crippen LogP contribution is -2.01. The smallest absolute Gasteiger partial charge is 0.139 e. The lowest BCUT2D eigenvalue weighted by Gasteiger charge is -2.00. The van der Waals surface area contributed by atoms with Crippen LogP contribution in [0.25, 0.3) is 22.4 Å². The summed E-state index contributed by atoms with van der Waals surface area (Å²) in [5.41, 5.74) is 4.60. The van der Waals surface area contributed by atoms with Crippen LogP contribution in [0.3, 0.4) is 0 Å². The van der Waals surface area contributed by atoms with E-state index >= 15 is 0 Å². The van der Waals surface area contributed by atoms with Gasteiger partial charge >= 0.3 is 0 Å². The van der Waals surface area contributed by atoms with Crippen LogP contribution < -0.4 is 5.46 Å². The number of imidazole rings is 1. The van der Waals surface area contributed by atoms with Crippen LogP contribution in [0.4, 0.5) is 0 Å². The molecule has 2 heterocycles. The first-order valence-electron chi connectivity index (χ1n) is 5.05.